The Morgan fingerprint density at radius 2 is 1.94 bits per heavy atom. The lowest BCUT2D eigenvalue weighted by molar-refractivity contribution is 0.112. The van der Waals surface area contributed by atoms with Gasteiger partial charge in [-0.25, -0.2) is 0 Å². The second-order valence-corrected chi connectivity index (χ2v) is 3.45. The van der Waals surface area contributed by atoms with Crippen LogP contribution in [0.15, 0.2) is 16.7 Å². The smallest absolute Gasteiger partial charge is 0.205 e. The van der Waals surface area contributed by atoms with Gasteiger partial charge in [-0.2, -0.15) is 0 Å². The number of carbonyl (C=O) groups excluding carboxylic acids is 1. The van der Waals surface area contributed by atoms with Crippen molar-refractivity contribution in [1.82, 2.24) is 0 Å². The number of methoxy groups -OCH3 is 2. The van der Waals surface area contributed by atoms with Crippen LogP contribution >= 0.6 is 0 Å². The molecule has 0 saturated heterocycles. The number of benzene rings is 1. The molecule has 84 valence electrons. The van der Waals surface area contributed by atoms with Gasteiger partial charge >= 0.3 is 0 Å². The predicted molar refractivity (Wildman–Crippen MR) is 59.4 cm³/mol. The Balaban J connectivity index is 2.89. The molecule has 4 heteroatoms. The zero-order valence-corrected chi connectivity index (χ0v) is 9.37. The second kappa shape index (κ2) is 3.89. The highest BCUT2D eigenvalue weighted by Gasteiger charge is 2.18. The molecule has 0 bridgehead atoms. The van der Waals surface area contributed by atoms with E-state index < -0.39 is 0 Å². The van der Waals surface area contributed by atoms with Gasteiger partial charge in [0.05, 0.1) is 26.0 Å². The van der Waals surface area contributed by atoms with Crippen molar-refractivity contribution in [3.05, 3.63) is 23.5 Å². The van der Waals surface area contributed by atoms with Gasteiger partial charge in [0.2, 0.25) is 5.75 Å². The summed E-state index contributed by atoms with van der Waals surface area (Å²) in [5.41, 5.74) is 2.01. The van der Waals surface area contributed by atoms with Crippen LogP contribution in [0.25, 0.3) is 11.0 Å². The van der Waals surface area contributed by atoms with E-state index in [2.05, 4.69) is 0 Å². The number of fused-ring (bicyclic) bond motifs is 1. The lowest BCUT2D eigenvalue weighted by Crippen LogP contribution is -1.95. The van der Waals surface area contributed by atoms with E-state index in [-0.39, 0.29) is 0 Å². The van der Waals surface area contributed by atoms with Crippen LogP contribution in [0, 0.1) is 6.92 Å². The van der Waals surface area contributed by atoms with Crippen molar-refractivity contribution in [2.45, 2.75) is 6.92 Å². The molecule has 2 aromatic rings. The first-order chi connectivity index (χ1) is 7.72. The van der Waals surface area contributed by atoms with Crippen LogP contribution in [0.2, 0.25) is 0 Å². The molecular formula is C12H12O4. The van der Waals surface area contributed by atoms with Gasteiger partial charge in [-0.1, -0.05) is 0 Å². The summed E-state index contributed by atoms with van der Waals surface area (Å²) in [6, 6.07) is 1.74. The average Bonchev–Trinajstić information content (AvgIpc) is 2.68. The van der Waals surface area contributed by atoms with Gasteiger partial charge in [0.15, 0.2) is 17.6 Å². The third-order valence-corrected chi connectivity index (χ3v) is 2.53. The van der Waals surface area contributed by atoms with Crippen molar-refractivity contribution in [3.63, 3.8) is 0 Å². The lowest BCUT2D eigenvalue weighted by atomic mass is 10.1. The molecule has 0 N–H and O–H groups in total. The van der Waals surface area contributed by atoms with Crippen molar-refractivity contribution in [2.24, 2.45) is 0 Å². The van der Waals surface area contributed by atoms with Crippen LogP contribution in [-0.2, 0) is 0 Å². The molecule has 1 aromatic heterocycles. The van der Waals surface area contributed by atoms with E-state index in [9.17, 15) is 4.79 Å². The number of hydrogen-bond donors (Lipinski definition) is 0. The molecular weight excluding hydrogens is 208 g/mol. The molecule has 0 atom stereocenters. The Hall–Kier alpha value is -1.97. The largest absolute Gasteiger partial charge is 0.492 e. The zero-order chi connectivity index (χ0) is 11.7. The van der Waals surface area contributed by atoms with Crippen molar-refractivity contribution in [3.8, 4) is 11.5 Å². The molecule has 1 aromatic carbocycles. The Morgan fingerprint density at radius 1 is 1.25 bits per heavy atom. The molecule has 16 heavy (non-hydrogen) atoms. The summed E-state index contributed by atoms with van der Waals surface area (Å²) in [6.07, 6.45) is 2.37. The van der Waals surface area contributed by atoms with Crippen molar-refractivity contribution < 1.29 is 18.7 Å². The standard InChI is InChI=1S/C12H12O4/c1-7-6-16-11-9(7)4-8(5-13)10(14-2)12(11)15-3/h4-6H,1-3H3. The summed E-state index contributed by atoms with van der Waals surface area (Å²) in [5, 5.41) is 0.861. The van der Waals surface area contributed by atoms with Crippen LogP contribution in [0.5, 0.6) is 11.5 Å². The highest BCUT2D eigenvalue weighted by atomic mass is 16.5. The van der Waals surface area contributed by atoms with E-state index in [1.54, 1.807) is 12.3 Å². The summed E-state index contributed by atoms with van der Waals surface area (Å²) in [6.45, 7) is 1.91. The normalized spacial score (nSPS) is 10.4. The van der Waals surface area contributed by atoms with E-state index in [4.69, 9.17) is 13.9 Å². The molecule has 0 aliphatic heterocycles. The van der Waals surface area contributed by atoms with Gasteiger partial charge in [0.1, 0.15) is 0 Å². The Kier molecular flexibility index (Phi) is 2.56. The minimum absolute atomic E-state index is 0.402. The molecule has 0 aliphatic rings. The summed E-state index contributed by atoms with van der Waals surface area (Å²) < 4.78 is 15.8. The molecule has 4 nitrogen and oxygen atoms in total. The molecule has 1 heterocycles. The highest BCUT2D eigenvalue weighted by Crippen LogP contribution is 2.39. The molecule has 0 fully saturated rings. The number of rotatable bonds is 3. The number of aldehydes is 1. The summed E-state index contributed by atoms with van der Waals surface area (Å²) >= 11 is 0. The molecule has 0 saturated carbocycles. The molecule has 0 amide bonds. The van der Waals surface area contributed by atoms with Gasteiger partial charge in [-0.3, -0.25) is 4.79 Å². The Morgan fingerprint density at radius 3 is 2.50 bits per heavy atom. The minimum Gasteiger partial charge on any atom is -0.492 e. The highest BCUT2D eigenvalue weighted by molar-refractivity contribution is 5.96. The second-order valence-electron chi connectivity index (χ2n) is 3.45. The fourth-order valence-corrected chi connectivity index (χ4v) is 1.75. The SMILES string of the molecule is COc1c(C=O)cc2c(C)coc2c1OC. The van der Waals surface area contributed by atoms with Crippen LogP contribution < -0.4 is 9.47 Å². The molecule has 0 aliphatic carbocycles. The minimum atomic E-state index is 0.402. The van der Waals surface area contributed by atoms with Crippen LogP contribution in [0.3, 0.4) is 0 Å². The number of aryl methyl sites for hydroxylation is 1. The van der Waals surface area contributed by atoms with Crippen LogP contribution in [0.1, 0.15) is 15.9 Å². The fraction of sp³-hybridized carbons (Fsp3) is 0.250. The zero-order valence-electron chi connectivity index (χ0n) is 9.37. The summed E-state index contributed by atoms with van der Waals surface area (Å²) in [7, 11) is 3.01. The maximum absolute atomic E-state index is 11.0. The van der Waals surface area contributed by atoms with E-state index in [0.29, 0.717) is 22.6 Å². The predicted octanol–water partition coefficient (Wildman–Crippen LogP) is 2.57. The maximum atomic E-state index is 11.0. The number of hydrogen-bond acceptors (Lipinski definition) is 4. The van der Waals surface area contributed by atoms with Gasteiger partial charge in [-0.05, 0) is 18.6 Å². The van der Waals surface area contributed by atoms with E-state index in [0.717, 1.165) is 17.2 Å². The van der Waals surface area contributed by atoms with Gasteiger partial charge in [0, 0.05) is 5.39 Å². The Labute approximate surface area is 92.8 Å². The summed E-state index contributed by atoms with van der Waals surface area (Å²) in [5.74, 6) is 0.856. The van der Waals surface area contributed by atoms with Crippen LogP contribution in [0.4, 0.5) is 0 Å². The van der Waals surface area contributed by atoms with Crippen molar-refractivity contribution in [2.75, 3.05) is 14.2 Å². The quantitative estimate of drug-likeness (QED) is 0.746. The van der Waals surface area contributed by atoms with Crippen molar-refractivity contribution in [1.29, 1.82) is 0 Å². The molecule has 0 unspecified atom stereocenters. The maximum Gasteiger partial charge on any atom is 0.205 e. The van der Waals surface area contributed by atoms with Crippen LogP contribution in [-0.4, -0.2) is 20.5 Å². The third-order valence-electron chi connectivity index (χ3n) is 2.53. The van der Waals surface area contributed by atoms with Gasteiger partial charge in [-0.15, -0.1) is 0 Å². The fourth-order valence-electron chi connectivity index (χ4n) is 1.75. The van der Waals surface area contributed by atoms with Gasteiger partial charge in [0.25, 0.3) is 0 Å². The average molecular weight is 220 g/mol. The lowest BCUT2D eigenvalue weighted by Gasteiger charge is -2.09. The van der Waals surface area contributed by atoms with Crippen molar-refractivity contribution >= 4 is 17.3 Å². The monoisotopic (exact) mass is 220 g/mol. The molecule has 2 rings (SSSR count). The first-order valence-electron chi connectivity index (χ1n) is 4.80. The van der Waals surface area contributed by atoms with E-state index >= 15 is 0 Å². The first-order valence-corrected chi connectivity index (χ1v) is 4.80. The molecule has 0 radical (unpaired) electrons. The van der Waals surface area contributed by atoms with E-state index in [1.807, 2.05) is 6.92 Å². The topological polar surface area (TPSA) is 48.7 Å². The number of ether oxygens (including phenoxy) is 2. The van der Waals surface area contributed by atoms with Gasteiger partial charge < -0.3 is 13.9 Å². The number of carbonyl (C=O) groups is 1. The molecule has 0 spiro atoms. The number of furan rings is 1. The Bertz CT molecular complexity index is 539. The summed E-state index contributed by atoms with van der Waals surface area (Å²) in [4.78, 5) is 11.0. The third kappa shape index (κ3) is 1.34. The first kappa shape index (κ1) is 10.5. The van der Waals surface area contributed by atoms with E-state index in [1.165, 1.54) is 14.2 Å².